The standard InChI is InChI=1S/C15H12F3NO3S/c16-11-3-1-2-10(6-11)8-23(21,22)9-15(20)19-14-5-4-12(17)7-13(14)18/h1-7H,8-9H2,(H,19,20). The van der Waals surface area contributed by atoms with E-state index >= 15 is 0 Å². The van der Waals surface area contributed by atoms with Crippen LogP contribution in [-0.2, 0) is 20.4 Å². The maximum absolute atomic E-state index is 13.4. The van der Waals surface area contributed by atoms with Crippen LogP contribution in [0.15, 0.2) is 42.5 Å². The van der Waals surface area contributed by atoms with E-state index in [1.54, 1.807) is 0 Å². The molecule has 0 aliphatic carbocycles. The van der Waals surface area contributed by atoms with Gasteiger partial charge in [0, 0.05) is 6.07 Å². The maximum Gasteiger partial charge on any atom is 0.239 e. The summed E-state index contributed by atoms with van der Waals surface area (Å²) >= 11 is 0. The van der Waals surface area contributed by atoms with E-state index in [4.69, 9.17) is 0 Å². The Bertz CT molecular complexity index is 838. The fourth-order valence-corrected chi connectivity index (χ4v) is 3.17. The molecule has 2 rings (SSSR count). The largest absolute Gasteiger partial charge is 0.323 e. The molecule has 122 valence electrons. The summed E-state index contributed by atoms with van der Waals surface area (Å²) in [5.41, 5.74) is -0.122. The van der Waals surface area contributed by atoms with E-state index in [0.29, 0.717) is 6.07 Å². The monoisotopic (exact) mass is 343 g/mol. The van der Waals surface area contributed by atoms with Gasteiger partial charge in [-0.05, 0) is 29.8 Å². The lowest BCUT2D eigenvalue weighted by Crippen LogP contribution is -2.24. The Labute approximate surface area is 130 Å². The van der Waals surface area contributed by atoms with Gasteiger partial charge in [-0.25, -0.2) is 21.6 Å². The van der Waals surface area contributed by atoms with Crippen molar-refractivity contribution in [3.63, 3.8) is 0 Å². The molecule has 0 saturated heterocycles. The van der Waals surface area contributed by atoms with Crippen LogP contribution in [0.1, 0.15) is 5.56 Å². The number of sulfone groups is 1. The molecule has 0 saturated carbocycles. The van der Waals surface area contributed by atoms with Crippen LogP contribution >= 0.6 is 0 Å². The van der Waals surface area contributed by atoms with Crippen LogP contribution in [0.3, 0.4) is 0 Å². The zero-order valence-electron chi connectivity index (χ0n) is 11.7. The molecule has 1 N–H and O–H groups in total. The predicted octanol–water partition coefficient (Wildman–Crippen LogP) is 2.66. The molecule has 0 aliphatic heterocycles. The molecular formula is C15H12F3NO3S. The number of hydrogen-bond acceptors (Lipinski definition) is 3. The Morgan fingerprint density at radius 3 is 2.35 bits per heavy atom. The highest BCUT2D eigenvalue weighted by Crippen LogP contribution is 2.15. The number of halogens is 3. The number of hydrogen-bond donors (Lipinski definition) is 1. The predicted molar refractivity (Wildman–Crippen MR) is 78.9 cm³/mol. The topological polar surface area (TPSA) is 63.2 Å². The average molecular weight is 343 g/mol. The van der Waals surface area contributed by atoms with Crippen LogP contribution in [0.25, 0.3) is 0 Å². The van der Waals surface area contributed by atoms with Crippen LogP contribution in [0, 0.1) is 17.5 Å². The quantitative estimate of drug-likeness (QED) is 0.908. The Kier molecular flexibility index (Phi) is 5.05. The van der Waals surface area contributed by atoms with E-state index < -0.39 is 44.7 Å². The van der Waals surface area contributed by atoms with Crippen molar-refractivity contribution in [1.82, 2.24) is 0 Å². The van der Waals surface area contributed by atoms with Gasteiger partial charge in [-0.2, -0.15) is 0 Å². The van der Waals surface area contributed by atoms with Crippen molar-refractivity contribution in [2.24, 2.45) is 0 Å². The van der Waals surface area contributed by atoms with E-state index in [-0.39, 0.29) is 11.3 Å². The Morgan fingerprint density at radius 2 is 1.70 bits per heavy atom. The highest BCUT2D eigenvalue weighted by atomic mass is 32.2. The number of nitrogens with one attached hydrogen (secondary N) is 1. The number of anilines is 1. The SMILES string of the molecule is O=C(CS(=O)(=O)Cc1cccc(F)c1)Nc1ccc(F)cc1F. The lowest BCUT2D eigenvalue weighted by Gasteiger charge is -2.07. The van der Waals surface area contributed by atoms with Crippen molar-refractivity contribution in [2.45, 2.75) is 5.75 Å². The van der Waals surface area contributed by atoms with Crippen molar-refractivity contribution in [1.29, 1.82) is 0 Å². The molecule has 0 atom stereocenters. The van der Waals surface area contributed by atoms with Crippen molar-refractivity contribution in [3.05, 3.63) is 65.5 Å². The van der Waals surface area contributed by atoms with Gasteiger partial charge in [0.2, 0.25) is 5.91 Å². The molecule has 1 amide bonds. The van der Waals surface area contributed by atoms with E-state index in [0.717, 1.165) is 18.2 Å². The Hall–Kier alpha value is -2.35. The van der Waals surface area contributed by atoms with E-state index in [1.807, 2.05) is 0 Å². The first-order valence-electron chi connectivity index (χ1n) is 6.45. The number of carbonyl (C=O) groups is 1. The van der Waals surface area contributed by atoms with Crippen LogP contribution in [0.4, 0.5) is 18.9 Å². The summed E-state index contributed by atoms with van der Waals surface area (Å²) < 4.78 is 63.0. The fraction of sp³-hybridized carbons (Fsp3) is 0.133. The van der Waals surface area contributed by atoms with E-state index in [9.17, 15) is 26.4 Å². The third-order valence-corrected chi connectivity index (χ3v) is 4.31. The lowest BCUT2D eigenvalue weighted by atomic mass is 10.2. The van der Waals surface area contributed by atoms with Gasteiger partial charge in [-0.3, -0.25) is 4.79 Å². The van der Waals surface area contributed by atoms with Crippen molar-refractivity contribution >= 4 is 21.4 Å². The smallest absolute Gasteiger partial charge is 0.239 e. The van der Waals surface area contributed by atoms with Gasteiger partial charge in [-0.15, -0.1) is 0 Å². The Morgan fingerprint density at radius 1 is 1.00 bits per heavy atom. The molecule has 8 heteroatoms. The maximum atomic E-state index is 13.4. The van der Waals surface area contributed by atoms with Crippen LogP contribution in [0.5, 0.6) is 0 Å². The second kappa shape index (κ2) is 6.82. The van der Waals surface area contributed by atoms with E-state index in [2.05, 4.69) is 5.32 Å². The molecule has 0 radical (unpaired) electrons. The van der Waals surface area contributed by atoms with Crippen molar-refractivity contribution < 1.29 is 26.4 Å². The summed E-state index contributed by atoms with van der Waals surface area (Å²) in [7, 11) is -3.87. The number of amides is 1. The molecule has 23 heavy (non-hydrogen) atoms. The number of rotatable bonds is 5. The van der Waals surface area contributed by atoms with Gasteiger partial charge in [0.25, 0.3) is 0 Å². The zero-order valence-corrected chi connectivity index (χ0v) is 12.5. The molecule has 4 nitrogen and oxygen atoms in total. The van der Waals surface area contributed by atoms with E-state index in [1.165, 1.54) is 18.2 Å². The molecule has 0 heterocycles. The molecule has 0 fully saturated rings. The summed E-state index contributed by atoms with van der Waals surface area (Å²) in [6, 6.07) is 7.47. The molecule has 0 unspecified atom stereocenters. The first-order valence-corrected chi connectivity index (χ1v) is 8.27. The van der Waals surface area contributed by atoms with Crippen molar-refractivity contribution in [2.75, 3.05) is 11.1 Å². The molecular weight excluding hydrogens is 331 g/mol. The third kappa shape index (κ3) is 5.10. The molecule has 0 bridgehead atoms. The molecule has 2 aromatic rings. The summed E-state index contributed by atoms with van der Waals surface area (Å²) in [6.07, 6.45) is 0. The number of carbonyl (C=O) groups excluding carboxylic acids is 1. The highest BCUT2D eigenvalue weighted by Gasteiger charge is 2.19. The van der Waals surface area contributed by atoms with Gasteiger partial charge < -0.3 is 5.32 Å². The minimum atomic E-state index is -3.87. The average Bonchev–Trinajstić information content (AvgIpc) is 2.40. The minimum Gasteiger partial charge on any atom is -0.323 e. The molecule has 0 aromatic heterocycles. The van der Waals surface area contributed by atoms with Gasteiger partial charge in [-0.1, -0.05) is 12.1 Å². The summed E-state index contributed by atoms with van der Waals surface area (Å²) in [6.45, 7) is 0. The molecule has 0 aliphatic rings. The lowest BCUT2D eigenvalue weighted by molar-refractivity contribution is -0.113. The second-order valence-corrected chi connectivity index (χ2v) is 6.90. The van der Waals surface area contributed by atoms with Gasteiger partial charge >= 0.3 is 0 Å². The second-order valence-electron chi connectivity index (χ2n) is 4.83. The fourth-order valence-electron chi connectivity index (χ4n) is 1.91. The first kappa shape index (κ1) is 17.0. The molecule has 0 spiro atoms. The third-order valence-electron chi connectivity index (χ3n) is 2.83. The van der Waals surface area contributed by atoms with Crippen LogP contribution in [0.2, 0.25) is 0 Å². The van der Waals surface area contributed by atoms with Crippen molar-refractivity contribution in [3.8, 4) is 0 Å². The highest BCUT2D eigenvalue weighted by molar-refractivity contribution is 7.91. The summed E-state index contributed by atoms with van der Waals surface area (Å²) in [4.78, 5) is 11.7. The normalized spacial score (nSPS) is 11.3. The first-order chi connectivity index (χ1) is 10.7. The van der Waals surface area contributed by atoms with Crippen LogP contribution < -0.4 is 5.32 Å². The summed E-state index contributed by atoms with van der Waals surface area (Å²) in [5, 5.41) is 2.06. The summed E-state index contributed by atoms with van der Waals surface area (Å²) in [5.74, 6) is -4.81. The zero-order chi connectivity index (χ0) is 17.0. The van der Waals surface area contributed by atoms with Gasteiger partial charge in [0.05, 0.1) is 11.4 Å². The van der Waals surface area contributed by atoms with Gasteiger partial charge in [0.15, 0.2) is 9.84 Å². The molecule has 2 aromatic carbocycles. The van der Waals surface area contributed by atoms with Crippen LogP contribution in [-0.4, -0.2) is 20.1 Å². The Balaban J connectivity index is 2.03. The van der Waals surface area contributed by atoms with Gasteiger partial charge in [0.1, 0.15) is 23.2 Å². The minimum absolute atomic E-state index is 0.200. The number of benzene rings is 2.